The smallest absolute Gasteiger partial charge is 0.475 e. The van der Waals surface area contributed by atoms with Gasteiger partial charge in [0.25, 0.3) is 0 Å². The second-order valence-corrected chi connectivity index (χ2v) is 9.45. The number of hydrogen-bond donors (Lipinski definition) is 1. The van der Waals surface area contributed by atoms with Crippen LogP contribution in [-0.2, 0) is 19.6 Å². The molecular formula is C18H26F3N3O5S. The summed E-state index contributed by atoms with van der Waals surface area (Å²) in [5.41, 5.74) is -0.130. The molecule has 0 bridgehead atoms. The number of sulfonamides is 1. The molecule has 2 saturated heterocycles. The zero-order valence-electron chi connectivity index (χ0n) is 16.6. The molecule has 170 valence electrons. The lowest BCUT2D eigenvalue weighted by molar-refractivity contribution is -0.192. The predicted octanol–water partition coefficient (Wildman–Crippen LogP) is 1.98. The maximum absolute atomic E-state index is 12.5. The van der Waals surface area contributed by atoms with Crippen molar-refractivity contribution in [1.29, 1.82) is 0 Å². The minimum absolute atomic E-state index is 0.130. The molecule has 3 heterocycles. The lowest BCUT2D eigenvalue weighted by Crippen LogP contribution is -2.44. The third-order valence-corrected chi connectivity index (χ3v) is 6.94. The number of rotatable bonds is 4. The molecule has 1 atom stereocenters. The van der Waals surface area contributed by atoms with Gasteiger partial charge in [-0.1, -0.05) is 13.0 Å². The maximum Gasteiger partial charge on any atom is 0.490 e. The predicted molar refractivity (Wildman–Crippen MR) is 104 cm³/mol. The zero-order chi connectivity index (χ0) is 22.4. The molecule has 2 aliphatic heterocycles. The number of carboxylic acids is 1. The lowest BCUT2D eigenvalue weighted by atomic mass is 9.88. The normalized spacial score (nSPS) is 23.0. The first-order valence-electron chi connectivity index (χ1n) is 9.51. The molecule has 12 heteroatoms. The Bertz CT molecular complexity index is 807. The van der Waals surface area contributed by atoms with Crippen molar-refractivity contribution in [3.8, 4) is 0 Å². The Morgan fingerprint density at radius 1 is 1.30 bits per heavy atom. The van der Waals surface area contributed by atoms with Crippen molar-refractivity contribution in [3.05, 3.63) is 24.4 Å². The number of hydrogen-bond acceptors (Lipinski definition) is 6. The van der Waals surface area contributed by atoms with E-state index in [0.29, 0.717) is 32.7 Å². The van der Waals surface area contributed by atoms with Gasteiger partial charge in [0, 0.05) is 37.8 Å². The molecule has 0 saturated carbocycles. The molecule has 8 nitrogen and oxygen atoms in total. The van der Waals surface area contributed by atoms with Gasteiger partial charge in [-0.2, -0.15) is 17.5 Å². The van der Waals surface area contributed by atoms with E-state index < -0.39 is 22.2 Å². The standard InChI is InChI=1S/C16H25N3O3S.C2HF3O2/c1-2-11-23(20,21)19-9-10-22-14-16(13-19)6-8-18(12-16)15-5-3-4-7-17-15;3-2(4,5)1(6)7/h3-5,7H,2,6,8-14H2,1H3;(H,6,7). The summed E-state index contributed by atoms with van der Waals surface area (Å²) in [7, 11) is -3.18. The van der Waals surface area contributed by atoms with Gasteiger partial charge >= 0.3 is 12.1 Å². The molecule has 0 radical (unpaired) electrons. The Labute approximate surface area is 173 Å². The summed E-state index contributed by atoms with van der Waals surface area (Å²) in [5.74, 6) is -1.59. The second-order valence-electron chi connectivity index (χ2n) is 7.36. The summed E-state index contributed by atoms with van der Waals surface area (Å²) in [6.45, 7) is 5.71. The van der Waals surface area contributed by atoms with Gasteiger partial charge in [-0.3, -0.25) is 0 Å². The Hall–Kier alpha value is -1.92. The first-order valence-corrected chi connectivity index (χ1v) is 11.1. The fourth-order valence-corrected chi connectivity index (χ4v) is 5.09. The summed E-state index contributed by atoms with van der Waals surface area (Å²) < 4.78 is 64.1. The van der Waals surface area contributed by atoms with Crippen LogP contribution in [0.4, 0.5) is 19.0 Å². The molecule has 1 aromatic rings. The van der Waals surface area contributed by atoms with Crippen molar-refractivity contribution in [2.45, 2.75) is 25.9 Å². The van der Waals surface area contributed by atoms with E-state index in [4.69, 9.17) is 14.6 Å². The number of nitrogens with zero attached hydrogens (tertiary/aromatic N) is 3. The molecule has 1 spiro atoms. The number of carbonyl (C=O) groups is 1. The number of carboxylic acid groups (broad SMARTS) is 1. The van der Waals surface area contributed by atoms with Crippen LogP contribution >= 0.6 is 0 Å². The van der Waals surface area contributed by atoms with E-state index >= 15 is 0 Å². The van der Waals surface area contributed by atoms with E-state index in [1.54, 1.807) is 10.5 Å². The number of anilines is 1. The molecule has 0 amide bonds. The number of aromatic nitrogens is 1. The summed E-state index contributed by atoms with van der Waals surface area (Å²) in [6, 6.07) is 5.89. The van der Waals surface area contributed by atoms with E-state index in [9.17, 15) is 21.6 Å². The summed E-state index contributed by atoms with van der Waals surface area (Å²) in [5, 5.41) is 7.12. The van der Waals surface area contributed by atoms with E-state index in [1.807, 2.05) is 25.1 Å². The van der Waals surface area contributed by atoms with E-state index in [2.05, 4.69) is 9.88 Å². The molecule has 3 rings (SSSR count). The van der Waals surface area contributed by atoms with Crippen molar-refractivity contribution in [1.82, 2.24) is 9.29 Å². The van der Waals surface area contributed by atoms with Gasteiger partial charge in [-0.15, -0.1) is 0 Å². The Morgan fingerprint density at radius 2 is 2.00 bits per heavy atom. The quantitative estimate of drug-likeness (QED) is 0.744. The number of ether oxygens (including phenoxy) is 1. The van der Waals surface area contributed by atoms with Gasteiger partial charge in [-0.25, -0.2) is 18.2 Å². The second kappa shape index (κ2) is 9.92. The third-order valence-electron chi connectivity index (χ3n) is 4.91. The number of halogens is 3. The highest BCUT2D eigenvalue weighted by Crippen LogP contribution is 2.36. The number of alkyl halides is 3. The minimum Gasteiger partial charge on any atom is -0.475 e. The summed E-state index contributed by atoms with van der Waals surface area (Å²) in [6.07, 6.45) is -1.71. The highest BCUT2D eigenvalue weighted by molar-refractivity contribution is 7.89. The fourth-order valence-electron chi connectivity index (χ4n) is 3.50. The molecule has 1 aromatic heterocycles. The first-order chi connectivity index (χ1) is 14.0. The molecular weight excluding hydrogens is 427 g/mol. The van der Waals surface area contributed by atoms with Crippen LogP contribution < -0.4 is 4.90 Å². The maximum atomic E-state index is 12.5. The van der Waals surface area contributed by atoms with Crippen LogP contribution in [0.5, 0.6) is 0 Å². The molecule has 1 unspecified atom stereocenters. The van der Waals surface area contributed by atoms with E-state index in [0.717, 1.165) is 25.3 Å². The van der Waals surface area contributed by atoms with Crippen LogP contribution in [0.25, 0.3) is 0 Å². The van der Waals surface area contributed by atoms with Crippen LogP contribution in [0.2, 0.25) is 0 Å². The van der Waals surface area contributed by atoms with Crippen molar-refractivity contribution >= 4 is 21.8 Å². The minimum atomic E-state index is -5.08. The van der Waals surface area contributed by atoms with Crippen LogP contribution in [0.1, 0.15) is 19.8 Å². The molecule has 1 N–H and O–H groups in total. The topological polar surface area (TPSA) is 100 Å². The van der Waals surface area contributed by atoms with Gasteiger partial charge in [0.1, 0.15) is 5.82 Å². The van der Waals surface area contributed by atoms with Crippen LogP contribution in [-0.4, -0.2) is 80.1 Å². The zero-order valence-corrected chi connectivity index (χ0v) is 17.5. The molecule has 0 aliphatic carbocycles. The summed E-state index contributed by atoms with van der Waals surface area (Å²) >= 11 is 0. The molecule has 2 fully saturated rings. The average molecular weight is 453 g/mol. The van der Waals surface area contributed by atoms with Gasteiger partial charge in [0.05, 0.1) is 19.0 Å². The highest BCUT2D eigenvalue weighted by Gasteiger charge is 2.43. The molecule has 30 heavy (non-hydrogen) atoms. The van der Waals surface area contributed by atoms with Crippen LogP contribution in [0, 0.1) is 5.41 Å². The van der Waals surface area contributed by atoms with E-state index in [-0.39, 0.29) is 11.2 Å². The van der Waals surface area contributed by atoms with Gasteiger partial charge in [0.2, 0.25) is 10.0 Å². The van der Waals surface area contributed by atoms with Crippen molar-refractivity contribution < 1.29 is 36.2 Å². The van der Waals surface area contributed by atoms with Gasteiger partial charge in [-0.05, 0) is 25.0 Å². The van der Waals surface area contributed by atoms with Crippen LogP contribution in [0.15, 0.2) is 24.4 Å². The van der Waals surface area contributed by atoms with Gasteiger partial charge in [0.15, 0.2) is 0 Å². The fraction of sp³-hybridized carbons (Fsp3) is 0.667. The van der Waals surface area contributed by atoms with Crippen molar-refractivity contribution in [2.75, 3.05) is 50.0 Å². The average Bonchev–Trinajstić information content (AvgIpc) is 2.96. The van der Waals surface area contributed by atoms with Crippen molar-refractivity contribution in [3.63, 3.8) is 0 Å². The monoisotopic (exact) mass is 453 g/mol. The SMILES string of the molecule is CCCS(=O)(=O)N1CCOCC2(CCN(c3ccccn3)C2)C1.O=C(O)C(F)(F)F. The molecule has 2 aliphatic rings. The first kappa shape index (κ1) is 24.4. The lowest BCUT2D eigenvalue weighted by Gasteiger charge is -2.31. The van der Waals surface area contributed by atoms with Crippen LogP contribution in [0.3, 0.4) is 0 Å². The van der Waals surface area contributed by atoms with Crippen molar-refractivity contribution in [2.24, 2.45) is 5.41 Å². The van der Waals surface area contributed by atoms with E-state index in [1.165, 1.54) is 0 Å². The molecule has 0 aromatic carbocycles. The Morgan fingerprint density at radius 3 is 2.57 bits per heavy atom. The Balaban J connectivity index is 0.000000396. The summed E-state index contributed by atoms with van der Waals surface area (Å²) in [4.78, 5) is 15.5. The Kier molecular flexibility index (Phi) is 8.06. The highest BCUT2D eigenvalue weighted by atomic mass is 32.2. The third kappa shape index (κ3) is 6.54. The number of pyridine rings is 1. The largest absolute Gasteiger partial charge is 0.490 e. The van der Waals surface area contributed by atoms with Gasteiger partial charge < -0.3 is 14.7 Å². The number of aliphatic carboxylic acids is 1.